The van der Waals surface area contributed by atoms with Gasteiger partial charge in [0, 0.05) is 33.4 Å². The van der Waals surface area contributed by atoms with Crippen LogP contribution in [0.2, 0.25) is 0 Å². The van der Waals surface area contributed by atoms with Crippen LogP contribution in [0.1, 0.15) is 36.5 Å². The summed E-state index contributed by atoms with van der Waals surface area (Å²) in [7, 11) is 0. The molecular formula is C21H30FN5O. The van der Waals surface area contributed by atoms with E-state index in [9.17, 15) is 9.50 Å². The summed E-state index contributed by atoms with van der Waals surface area (Å²) in [6, 6.07) is 6.81. The Labute approximate surface area is 166 Å². The molecule has 0 aliphatic carbocycles. The Kier molecular flexibility index (Phi) is 4.79. The molecule has 1 saturated heterocycles. The number of fused-ring (bicyclic) bond motifs is 1. The zero-order chi connectivity index (χ0) is 19.9. The van der Waals surface area contributed by atoms with E-state index >= 15 is 0 Å². The van der Waals surface area contributed by atoms with Gasteiger partial charge < -0.3 is 10.0 Å². The summed E-state index contributed by atoms with van der Waals surface area (Å²) in [4.78, 5) is 11.0. The fraction of sp³-hybridized carbons (Fsp3) is 0.476. The number of nitrogens with zero attached hydrogens (tertiary/aromatic N) is 4. The number of pyridine rings is 2. The lowest BCUT2D eigenvalue weighted by atomic mass is 9.76. The highest BCUT2D eigenvalue weighted by Gasteiger charge is 2.38. The third-order valence-corrected chi connectivity index (χ3v) is 6.14. The quantitative estimate of drug-likeness (QED) is 0.699. The summed E-state index contributed by atoms with van der Waals surface area (Å²) in [6.45, 7) is 7.55. The summed E-state index contributed by atoms with van der Waals surface area (Å²) >= 11 is 0. The minimum atomic E-state index is -0.743. The molecular weight excluding hydrogens is 357 g/mol. The number of hydrogen-bond donors (Lipinski definition) is 2. The number of halogens is 1. The van der Waals surface area contributed by atoms with Crippen molar-refractivity contribution in [2.24, 2.45) is 11.8 Å². The third kappa shape index (κ3) is 3.24. The van der Waals surface area contributed by atoms with Gasteiger partial charge in [0.15, 0.2) is 11.5 Å². The highest BCUT2D eigenvalue weighted by molar-refractivity contribution is 5.89. The van der Waals surface area contributed by atoms with E-state index in [0.29, 0.717) is 23.7 Å². The van der Waals surface area contributed by atoms with E-state index in [1.165, 1.54) is 6.07 Å². The third-order valence-electron chi connectivity index (χ3n) is 6.14. The predicted molar refractivity (Wildman–Crippen MR) is 112 cm³/mol. The van der Waals surface area contributed by atoms with E-state index in [0.717, 1.165) is 24.8 Å². The van der Waals surface area contributed by atoms with E-state index in [1.807, 2.05) is 26.8 Å². The molecule has 0 saturated carbocycles. The first-order chi connectivity index (χ1) is 13.4. The fourth-order valence-electron chi connectivity index (χ4n) is 3.95. The predicted octanol–water partition coefficient (Wildman–Crippen LogP) is 4.27. The minimum absolute atomic E-state index is 0. The van der Waals surface area contributed by atoms with Gasteiger partial charge in [0.05, 0.1) is 11.3 Å². The van der Waals surface area contributed by atoms with Crippen molar-refractivity contribution in [3.63, 3.8) is 0 Å². The highest BCUT2D eigenvalue weighted by atomic mass is 19.1. The van der Waals surface area contributed by atoms with Crippen LogP contribution in [0.4, 0.5) is 10.2 Å². The molecule has 1 fully saturated rings. The number of aliphatic hydroxyl groups is 1. The molecule has 4 rings (SSSR count). The van der Waals surface area contributed by atoms with Crippen LogP contribution in [0.25, 0.3) is 22.4 Å². The van der Waals surface area contributed by atoms with E-state index < -0.39 is 11.4 Å². The van der Waals surface area contributed by atoms with Crippen LogP contribution in [0.5, 0.6) is 0 Å². The van der Waals surface area contributed by atoms with Crippen molar-refractivity contribution in [3.8, 4) is 11.4 Å². The molecule has 2 atom stereocenters. The Morgan fingerprint density at radius 1 is 1.36 bits per heavy atom. The lowest BCUT2D eigenvalue weighted by molar-refractivity contribution is -0.0462. The molecule has 152 valence electrons. The SMILES string of the molecule is CC(C)C(C)(O)[C@H]1CCCN(c2ccc(F)c(-c3[nH]nc4ncccc34)n2)C1.[HH].[HH]. The molecule has 28 heavy (non-hydrogen) atoms. The first-order valence-electron chi connectivity index (χ1n) is 9.81. The molecule has 1 aliphatic heterocycles. The molecule has 0 aromatic carbocycles. The van der Waals surface area contributed by atoms with E-state index in [2.05, 4.69) is 25.1 Å². The van der Waals surface area contributed by atoms with Gasteiger partial charge in [-0.05, 0) is 49.9 Å². The summed E-state index contributed by atoms with van der Waals surface area (Å²) < 4.78 is 14.6. The van der Waals surface area contributed by atoms with Crippen LogP contribution in [0.3, 0.4) is 0 Å². The first-order valence-corrected chi connectivity index (χ1v) is 9.81. The minimum Gasteiger partial charge on any atom is -0.390 e. The Balaban J connectivity index is 0.00000160. The highest BCUT2D eigenvalue weighted by Crippen LogP contribution is 2.35. The van der Waals surface area contributed by atoms with Crippen molar-refractivity contribution in [1.29, 1.82) is 0 Å². The van der Waals surface area contributed by atoms with Crippen LogP contribution in [0.15, 0.2) is 30.5 Å². The van der Waals surface area contributed by atoms with E-state index in [-0.39, 0.29) is 20.4 Å². The van der Waals surface area contributed by atoms with Gasteiger partial charge in [0.2, 0.25) is 0 Å². The monoisotopic (exact) mass is 387 g/mol. The maximum absolute atomic E-state index is 14.6. The maximum atomic E-state index is 14.6. The number of anilines is 1. The van der Waals surface area contributed by atoms with Gasteiger partial charge in [-0.25, -0.2) is 14.4 Å². The summed E-state index contributed by atoms with van der Waals surface area (Å²) in [5.41, 5.74) is 0.568. The van der Waals surface area contributed by atoms with Crippen molar-refractivity contribution >= 4 is 16.9 Å². The van der Waals surface area contributed by atoms with Gasteiger partial charge in [0.25, 0.3) is 0 Å². The lowest BCUT2D eigenvalue weighted by Crippen LogP contribution is -2.49. The Bertz CT molecular complexity index is 994. The van der Waals surface area contributed by atoms with E-state index in [4.69, 9.17) is 0 Å². The molecule has 4 heterocycles. The molecule has 3 aromatic heterocycles. The molecule has 0 bridgehead atoms. The standard InChI is InChI=1S/C21H26FN5O.2H2/c1-13(2)21(3,28)14-6-5-11-27(12-14)17-9-8-16(22)19(24-17)18-15-7-4-10-23-20(15)26-25-18;;/h4,7-10,13-14,28H,5-6,11-12H2,1-3H3,(H,23,25,26);2*1H/t14-,21?;;/m0../s1. The van der Waals surface area contributed by atoms with Crippen molar-refractivity contribution in [1.82, 2.24) is 20.2 Å². The summed E-state index contributed by atoms with van der Waals surface area (Å²) in [5.74, 6) is 0.625. The Morgan fingerprint density at radius 2 is 2.18 bits per heavy atom. The van der Waals surface area contributed by atoms with Crippen LogP contribution >= 0.6 is 0 Å². The van der Waals surface area contributed by atoms with E-state index in [1.54, 1.807) is 18.3 Å². The number of rotatable bonds is 4. The number of hydrogen-bond acceptors (Lipinski definition) is 5. The van der Waals surface area contributed by atoms with Gasteiger partial charge in [-0.15, -0.1) is 0 Å². The van der Waals surface area contributed by atoms with Gasteiger partial charge in [-0.2, -0.15) is 5.10 Å². The van der Waals surface area contributed by atoms with Crippen molar-refractivity contribution in [3.05, 3.63) is 36.3 Å². The number of piperidine rings is 1. The van der Waals surface area contributed by atoms with Gasteiger partial charge in [-0.3, -0.25) is 5.10 Å². The smallest absolute Gasteiger partial charge is 0.181 e. The topological polar surface area (TPSA) is 77.9 Å². The second kappa shape index (κ2) is 7.13. The van der Waals surface area contributed by atoms with Crippen molar-refractivity contribution < 1.29 is 12.4 Å². The molecule has 0 radical (unpaired) electrons. The molecule has 7 heteroatoms. The first kappa shape index (κ1) is 18.8. The van der Waals surface area contributed by atoms with Crippen LogP contribution in [0, 0.1) is 17.7 Å². The Hall–Kier alpha value is -2.54. The summed E-state index contributed by atoms with van der Waals surface area (Å²) in [6.07, 6.45) is 3.60. The normalized spacial score (nSPS) is 19.9. The Morgan fingerprint density at radius 3 is 2.96 bits per heavy atom. The number of aromatic nitrogens is 4. The fourth-order valence-corrected chi connectivity index (χ4v) is 3.95. The van der Waals surface area contributed by atoms with Crippen molar-refractivity contribution in [2.45, 2.75) is 39.2 Å². The zero-order valence-electron chi connectivity index (χ0n) is 16.5. The van der Waals surface area contributed by atoms with Gasteiger partial charge >= 0.3 is 0 Å². The average molecular weight is 388 g/mol. The molecule has 1 aliphatic rings. The molecule has 1 unspecified atom stereocenters. The number of nitrogens with one attached hydrogen (secondary N) is 1. The summed E-state index contributed by atoms with van der Waals surface area (Å²) in [5, 5.41) is 18.7. The molecule has 0 amide bonds. The molecule has 6 nitrogen and oxygen atoms in total. The molecule has 0 spiro atoms. The zero-order valence-corrected chi connectivity index (χ0v) is 16.5. The van der Waals surface area contributed by atoms with Crippen molar-refractivity contribution in [2.75, 3.05) is 18.0 Å². The number of aromatic amines is 1. The maximum Gasteiger partial charge on any atom is 0.181 e. The van der Waals surface area contributed by atoms with Crippen LogP contribution < -0.4 is 4.90 Å². The number of H-pyrrole nitrogens is 1. The van der Waals surface area contributed by atoms with Gasteiger partial charge in [-0.1, -0.05) is 13.8 Å². The molecule has 3 aromatic rings. The lowest BCUT2D eigenvalue weighted by Gasteiger charge is -2.43. The largest absolute Gasteiger partial charge is 0.390 e. The van der Waals surface area contributed by atoms with Gasteiger partial charge in [0.1, 0.15) is 11.5 Å². The average Bonchev–Trinajstić information content (AvgIpc) is 3.12. The second-order valence-corrected chi connectivity index (χ2v) is 8.14. The molecule has 2 N–H and O–H groups in total. The van der Waals surface area contributed by atoms with Crippen LogP contribution in [-0.2, 0) is 0 Å². The van der Waals surface area contributed by atoms with Crippen LogP contribution in [-0.4, -0.2) is 44.0 Å². The second-order valence-electron chi connectivity index (χ2n) is 8.14.